The van der Waals surface area contributed by atoms with Crippen molar-refractivity contribution in [3.63, 3.8) is 0 Å². The van der Waals surface area contributed by atoms with E-state index in [1.165, 1.54) is 10.8 Å². The first-order valence-corrected chi connectivity index (χ1v) is 17.4. The van der Waals surface area contributed by atoms with Crippen LogP contribution in [-0.2, 0) is 0 Å². The number of aromatic nitrogens is 3. The van der Waals surface area contributed by atoms with Gasteiger partial charge in [0.2, 0.25) is 0 Å². The molecule has 0 spiro atoms. The highest BCUT2D eigenvalue weighted by atomic mass is 16.3. The lowest BCUT2D eigenvalue weighted by Crippen LogP contribution is -2.01. The van der Waals surface area contributed by atoms with Gasteiger partial charge in [0, 0.05) is 43.6 Å². The van der Waals surface area contributed by atoms with Crippen molar-refractivity contribution >= 4 is 65.4 Å². The molecule has 11 rings (SSSR count). The zero-order chi connectivity index (χ0) is 34.2. The van der Waals surface area contributed by atoms with Crippen molar-refractivity contribution in [3.05, 3.63) is 164 Å². The van der Waals surface area contributed by atoms with Gasteiger partial charge >= 0.3 is 0 Å². The Balaban J connectivity index is 1.18. The molecule has 0 radical (unpaired) electrons. The minimum Gasteiger partial charge on any atom is -0.456 e. The van der Waals surface area contributed by atoms with Gasteiger partial charge < -0.3 is 8.83 Å². The molecule has 3 aromatic heterocycles. The molecule has 0 saturated carbocycles. The molecule has 0 atom stereocenters. The van der Waals surface area contributed by atoms with E-state index in [0.29, 0.717) is 17.5 Å². The number of hydrogen-bond acceptors (Lipinski definition) is 5. The van der Waals surface area contributed by atoms with Crippen LogP contribution in [0.1, 0.15) is 0 Å². The van der Waals surface area contributed by atoms with Crippen LogP contribution in [0.5, 0.6) is 0 Å². The summed E-state index contributed by atoms with van der Waals surface area (Å²) in [6, 6.07) is 56.1. The van der Waals surface area contributed by atoms with E-state index in [-0.39, 0.29) is 0 Å². The smallest absolute Gasteiger partial charge is 0.164 e. The first-order chi connectivity index (χ1) is 25.8. The molecule has 3 heterocycles. The van der Waals surface area contributed by atoms with Gasteiger partial charge in [-0.25, -0.2) is 15.0 Å². The van der Waals surface area contributed by atoms with Crippen LogP contribution >= 0.6 is 0 Å². The van der Waals surface area contributed by atoms with E-state index in [0.717, 1.165) is 82.5 Å². The third-order valence-corrected chi connectivity index (χ3v) is 10.1. The number of para-hydroxylation sites is 1. The third kappa shape index (κ3) is 4.33. The Morgan fingerprint density at radius 2 is 0.885 bits per heavy atom. The van der Waals surface area contributed by atoms with Crippen molar-refractivity contribution in [1.29, 1.82) is 0 Å². The molecule has 5 nitrogen and oxygen atoms in total. The summed E-state index contributed by atoms with van der Waals surface area (Å²) in [5, 5.41) is 8.79. The second kappa shape index (κ2) is 11.2. The normalized spacial score (nSPS) is 11.8. The van der Waals surface area contributed by atoms with E-state index >= 15 is 0 Å². The fraction of sp³-hybridized carbons (Fsp3) is 0. The average Bonchev–Trinajstić information content (AvgIpc) is 3.80. The summed E-state index contributed by atoms with van der Waals surface area (Å²) < 4.78 is 13.0. The Morgan fingerprint density at radius 1 is 0.308 bits per heavy atom. The summed E-state index contributed by atoms with van der Waals surface area (Å²) in [6.45, 7) is 0. The molecule has 11 aromatic rings. The van der Waals surface area contributed by atoms with Crippen LogP contribution in [0.15, 0.2) is 173 Å². The highest BCUT2D eigenvalue weighted by Gasteiger charge is 2.21. The minimum atomic E-state index is 0.584. The SMILES string of the molecule is c1ccc(-c2nc(-c3ccccc3-c3cccc4oc5c(ccc6ccc7ccccc7c65)c34)nc(-c3cccc4oc5ccccc5c34)n2)cc1. The molecule has 0 fully saturated rings. The molecule has 52 heavy (non-hydrogen) atoms. The lowest BCUT2D eigenvalue weighted by atomic mass is 9.93. The van der Waals surface area contributed by atoms with E-state index in [1.807, 2.05) is 66.7 Å². The molecular formula is C47H27N3O2. The van der Waals surface area contributed by atoms with Crippen LogP contribution in [0, 0.1) is 0 Å². The van der Waals surface area contributed by atoms with Crippen LogP contribution < -0.4 is 0 Å². The Hall–Kier alpha value is -7.11. The summed E-state index contributed by atoms with van der Waals surface area (Å²) in [5.41, 5.74) is 8.12. The zero-order valence-electron chi connectivity index (χ0n) is 27.7. The molecule has 0 aliphatic rings. The van der Waals surface area contributed by atoms with Crippen LogP contribution in [0.25, 0.3) is 111 Å². The number of benzene rings is 8. The summed E-state index contributed by atoms with van der Waals surface area (Å²) in [6.07, 6.45) is 0. The zero-order valence-corrected chi connectivity index (χ0v) is 27.7. The molecular weight excluding hydrogens is 639 g/mol. The molecule has 242 valence electrons. The van der Waals surface area contributed by atoms with Crippen molar-refractivity contribution in [2.45, 2.75) is 0 Å². The number of rotatable bonds is 4. The fourth-order valence-corrected chi connectivity index (χ4v) is 7.80. The van der Waals surface area contributed by atoms with E-state index in [1.54, 1.807) is 0 Å². The average molecular weight is 666 g/mol. The molecule has 8 aromatic carbocycles. The van der Waals surface area contributed by atoms with Gasteiger partial charge in [0.25, 0.3) is 0 Å². The van der Waals surface area contributed by atoms with Gasteiger partial charge in [-0.15, -0.1) is 0 Å². The van der Waals surface area contributed by atoms with Crippen molar-refractivity contribution in [3.8, 4) is 45.3 Å². The number of nitrogens with zero attached hydrogens (tertiary/aromatic N) is 3. The Morgan fingerprint density at radius 3 is 1.75 bits per heavy atom. The molecule has 0 saturated heterocycles. The van der Waals surface area contributed by atoms with Crippen molar-refractivity contribution in [2.75, 3.05) is 0 Å². The lowest BCUT2D eigenvalue weighted by Gasteiger charge is -2.13. The summed E-state index contributed by atoms with van der Waals surface area (Å²) in [5.74, 6) is 1.78. The molecule has 0 bridgehead atoms. The maximum atomic E-state index is 6.75. The van der Waals surface area contributed by atoms with Crippen molar-refractivity contribution in [1.82, 2.24) is 15.0 Å². The number of hydrogen-bond donors (Lipinski definition) is 0. The lowest BCUT2D eigenvalue weighted by molar-refractivity contribution is 0.669. The van der Waals surface area contributed by atoms with Crippen LogP contribution in [0.3, 0.4) is 0 Å². The number of furan rings is 2. The van der Waals surface area contributed by atoms with Gasteiger partial charge in [0.1, 0.15) is 22.3 Å². The van der Waals surface area contributed by atoms with Gasteiger partial charge in [-0.05, 0) is 51.6 Å². The Kier molecular flexibility index (Phi) is 6.18. The highest BCUT2D eigenvalue weighted by molar-refractivity contribution is 6.25. The maximum Gasteiger partial charge on any atom is 0.164 e. The quantitative estimate of drug-likeness (QED) is 0.175. The summed E-state index contributed by atoms with van der Waals surface area (Å²) in [7, 11) is 0. The second-order valence-electron chi connectivity index (χ2n) is 13.1. The van der Waals surface area contributed by atoms with E-state index in [4.69, 9.17) is 23.8 Å². The monoisotopic (exact) mass is 665 g/mol. The molecule has 0 amide bonds. The van der Waals surface area contributed by atoms with Gasteiger partial charge in [-0.2, -0.15) is 0 Å². The molecule has 0 aliphatic heterocycles. The first-order valence-electron chi connectivity index (χ1n) is 17.4. The van der Waals surface area contributed by atoms with Crippen LogP contribution in [0.2, 0.25) is 0 Å². The van der Waals surface area contributed by atoms with Gasteiger partial charge in [0.15, 0.2) is 17.5 Å². The molecule has 0 aliphatic carbocycles. The fourth-order valence-electron chi connectivity index (χ4n) is 7.80. The summed E-state index contributed by atoms with van der Waals surface area (Å²) >= 11 is 0. The first kappa shape index (κ1) is 28.7. The predicted molar refractivity (Wildman–Crippen MR) is 211 cm³/mol. The van der Waals surface area contributed by atoms with E-state index in [9.17, 15) is 0 Å². The number of fused-ring (bicyclic) bond motifs is 10. The molecule has 0 unspecified atom stereocenters. The predicted octanol–water partition coefficient (Wildman–Crippen LogP) is 12.6. The van der Waals surface area contributed by atoms with Gasteiger partial charge in [0.05, 0.1) is 0 Å². The Bertz CT molecular complexity index is 3190. The third-order valence-electron chi connectivity index (χ3n) is 10.1. The van der Waals surface area contributed by atoms with Crippen molar-refractivity contribution < 1.29 is 8.83 Å². The standard InChI is InChI=1S/C47H27N3O2/c1-2-13-30(14-3-1)45-48-46(50-47(49-45)37-20-11-22-39-43(37)35-18-8-9-21-38(35)51-39)34-17-7-6-16-32(34)33-19-10-23-40-42(33)36-27-26-29-25-24-28-12-4-5-15-31(28)41(29)44(36)52-40/h1-27H. The van der Waals surface area contributed by atoms with Gasteiger partial charge in [-0.3, -0.25) is 0 Å². The van der Waals surface area contributed by atoms with Crippen molar-refractivity contribution in [2.24, 2.45) is 0 Å². The highest BCUT2D eigenvalue weighted by Crippen LogP contribution is 2.44. The van der Waals surface area contributed by atoms with Crippen LogP contribution in [-0.4, -0.2) is 15.0 Å². The maximum absolute atomic E-state index is 6.75. The second-order valence-corrected chi connectivity index (χ2v) is 13.1. The molecule has 0 N–H and O–H groups in total. The topological polar surface area (TPSA) is 65.0 Å². The van der Waals surface area contributed by atoms with E-state index < -0.39 is 0 Å². The van der Waals surface area contributed by atoms with E-state index in [2.05, 4.69) is 97.1 Å². The van der Waals surface area contributed by atoms with Gasteiger partial charge in [-0.1, -0.05) is 140 Å². The Labute approximate surface area is 297 Å². The molecule has 5 heteroatoms. The largest absolute Gasteiger partial charge is 0.456 e. The minimum absolute atomic E-state index is 0.584. The summed E-state index contributed by atoms with van der Waals surface area (Å²) in [4.78, 5) is 15.5. The van der Waals surface area contributed by atoms with Crippen LogP contribution in [0.4, 0.5) is 0 Å².